The van der Waals surface area contributed by atoms with Gasteiger partial charge in [-0.15, -0.1) is 0 Å². The second-order valence-electron chi connectivity index (χ2n) is 6.49. The second kappa shape index (κ2) is 9.23. The highest BCUT2D eigenvalue weighted by Gasteiger charge is 2.17. The van der Waals surface area contributed by atoms with Crippen LogP contribution < -0.4 is 10.6 Å². The maximum absolute atomic E-state index is 13.3. The summed E-state index contributed by atoms with van der Waals surface area (Å²) in [6.07, 6.45) is 1.47. The summed E-state index contributed by atoms with van der Waals surface area (Å²) < 4.78 is 19.4. The summed E-state index contributed by atoms with van der Waals surface area (Å²) in [6, 6.07) is 4.71. The first-order valence-corrected chi connectivity index (χ1v) is 8.64. The molecule has 1 amide bonds. The summed E-state index contributed by atoms with van der Waals surface area (Å²) in [7, 11) is 0. The summed E-state index contributed by atoms with van der Waals surface area (Å²) in [5.74, 6) is -0.260. The summed E-state index contributed by atoms with van der Waals surface area (Å²) in [5, 5.41) is 6.13. The maximum Gasteiger partial charge on any atom is 0.407 e. The van der Waals surface area contributed by atoms with Crippen LogP contribution in [0.3, 0.4) is 0 Å². The number of alkyl carbamates (subject to hydrolysis) is 1. The lowest BCUT2D eigenvalue weighted by Gasteiger charge is -2.22. The van der Waals surface area contributed by atoms with Crippen LogP contribution >= 0.6 is 15.9 Å². The van der Waals surface area contributed by atoms with E-state index in [2.05, 4.69) is 33.5 Å². The lowest BCUT2D eigenvalue weighted by molar-refractivity contribution is 0.0521. The smallest absolute Gasteiger partial charge is 0.407 e. The molecule has 23 heavy (non-hydrogen) atoms. The van der Waals surface area contributed by atoms with Gasteiger partial charge in [-0.05, 0) is 51.0 Å². The SMILES string of the molecule is CCCC(CNC(=O)OC(C)(C)C)NCc1cc(F)ccc1Br. The molecular weight excluding hydrogens is 363 g/mol. The minimum Gasteiger partial charge on any atom is -0.444 e. The lowest BCUT2D eigenvalue weighted by atomic mass is 10.1. The minimum absolute atomic E-state index is 0.0997. The van der Waals surface area contributed by atoms with Crippen LogP contribution in [0.2, 0.25) is 0 Å². The third-order valence-electron chi connectivity index (χ3n) is 3.12. The molecule has 0 saturated heterocycles. The summed E-state index contributed by atoms with van der Waals surface area (Å²) in [5.41, 5.74) is 0.341. The van der Waals surface area contributed by atoms with E-state index < -0.39 is 11.7 Å². The van der Waals surface area contributed by atoms with E-state index in [4.69, 9.17) is 4.74 Å². The molecule has 0 aliphatic rings. The monoisotopic (exact) mass is 388 g/mol. The van der Waals surface area contributed by atoms with Gasteiger partial charge < -0.3 is 15.4 Å². The van der Waals surface area contributed by atoms with Crippen molar-refractivity contribution in [1.82, 2.24) is 10.6 Å². The van der Waals surface area contributed by atoms with Crippen molar-refractivity contribution in [2.24, 2.45) is 0 Å². The predicted octanol–water partition coefficient (Wildman–Crippen LogP) is 4.37. The first-order chi connectivity index (χ1) is 10.7. The Labute approximate surface area is 146 Å². The molecule has 0 heterocycles. The van der Waals surface area contributed by atoms with Crippen molar-refractivity contribution in [3.8, 4) is 0 Å². The Kier molecular flexibility index (Phi) is 7.99. The molecule has 2 N–H and O–H groups in total. The first kappa shape index (κ1) is 19.9. The van der Waals surface area contributed by atoms with Crippen molar-refractivity contribution in [3.05, 3.63) is 34.1 Å². The van der Waals surface area contributed by atoms with E-state index in [0.717, 1.165) is 22.9 Å². The van der Waals surface area contributed by atoms with Crippen LogP contribution in [0.1, 0.15) is 46.1 Å². The van der Waals surface area contributed by atoms with Crippen LogP contribution in [0.4, 0.5) is 9.18 Å². The molecule has 1 atom stereocenters. The third kappa shape index (κ3) is 8.32. The van der Waals surface area contributed by atoms with Gasteiger partial charge in [-0.2, -0.15) is 0 Å². The number of nitrogens with one attached hydrogen (secondary N) is 2. The number of halogens is 2. The molecule has 1 aromatic rings. The lowest BCUT2D eigenvalue weighted by Crippen LogP contribution is -2.42. The molecule has 1 aromatic carbocycles. The molecule has 0 spiro atoms. The molecule has 0 aliphatic heterocycles. The zero-order valence-electron chi connectivity index (χ0n) is 14.2. The largest absolute Gasteiger partial charge is 0.444 e. The zero-order valence-corrected chi connectivity index (χ0v) is 15.8. The highest BCUT2D eigenvalue weighted by atomic mass is 79.9. The standard InChI is InChI=1S/C17H26BrFN2O2/c1-5-6-14(11-21-16(22)23-17(2,3)4)20-10-12-9-13(19)7-8-15(12)18/h7-9,14,20H,5-6,10-11H2,1-4H3,(H,21,22). The van der Waals surface area contributed by atoms with Crippen molar-refractivity contribution in [2.45, 2.75) is 58.7 Å². The molecule has 0 aliphatic carbocycles. The van der Waals surface area contributed by atoms with Gasteiger partial charge >= 0.3 is 6.09 Å². The van der Waals surface area contributed by atoms with Gasteiger partial charge in [0.1, 0.15) is 11.4 Å². The van der Waals surface area contributed by atoms with Gasteiger partial charge in [0.05, 0.1) is 0 Å². The van der Waals surface area contributed by atoms with Crippen molar-refractivity contribution in [1.29, 1.82) is 0 Å². The Bertz CT molecular complexity index is 518. The molecule has 4 nitrogen and oxygen atoms in total. The average molecular weight is 389 g/mol. The molecule has 0 fully saturated rings. The topological polar surface area (TPSA) is 50.4 Å². The number of hydrogen-bond acceptors (Lipinski definition) is 3. The molecule has 1 unspecified atom stereocenters. The van der Waals surface area contributed by atoms with Gasteiger partial charge in [-0.3, -0.25) is 0 Å². The van der Waals surface area contributed by atoms with Crippen molar-refractivity contribution in [2.75, 3.05) is 6.54 Å². The number of rotatable bonds is 7. The van der Waals surface area contributed by atoms with E-state index in [1.807, 2.05) is 20.8 Å². The Balaban J connectivity index is 2.51. The molecule has 0 aromatic heterocycles. The van der Waals surface area contributed by atoms with E-state index in [9.17, 15) is 9.18 Å². The fourth-order valence-electron chi connectivity index (χ4n) is 2.08. The van der Waals surface area contributed by atoms with Crippen molar-refractivity contribution < 1.29 is 13.9 Å². The minimum atomic E-state index is -0.510. The summed E-state index contributed by atoms with van der Waals surface area (Å²) in [6.45, 7) is 8.57. The predicted molar refractivity (Wildman–Crippen MR) is 93.9 cm³/mol. The van der Waals surface area contributed by atoms with Gasteiger partial charge in [0, 0.05) is 23.6 Å². The van der Waals surface area contributed by atoms with Crippen LogP contribution in [0.25, 0.3) is 0 Å². The molecule has 130 valence electrons. The number of ether oxygens (including phenoxy) is 1. The highest BCUT2D eigenvalue weighted by molar-refractivity contribution is 9.10. The zero-order chi connectivity index (χ0) is 17.5. The number of benzene rings is 1. The summed E-state index contributed by atoms with van der Waals surface area (Å²) >= 11 is 3.42. The van der Waals surface area contributed by atoms with Crippen LogP contribution in [0, 0.1) is 5.82 Å². The average Bonchev–Trinajstić information content (AvgIpc) is 2.43. The first-order valence-electron chi connectivity index (χ1n) is 7.85. The Hall–Kier alpha value is -1.14. The molecule has 0 saturated carbocycles. The molecule has 0 bridgehead atoms. The van der Waals surface area contributed by atoms with E-state index in [1.165, 1.54) is 12.1 Å². The van der Waals surface area contributed by atoms with Gasteiger partial charge in [0.2, 0.25) is 0 Å². The van der Waals surface area contributed by atoms with E-state index in [1.54, 1.807) is 6.07 Å². The summed E-state index contributed by atoms with van der Waals surface area (Å²) in [4.78, 5) is 11.7. The van der Waals surface area contributed by atoms with Crippen LogP contribution in [0.15, 0.2) is 22.7 Å². The van der Waals surface area contributed by atoms with Gasteiger partial charge in [-0.1, -0.05) is 29.3 Å². The molecular formula is C17H26BrFN2O2. The van der Waals surface area contributed by atoms with Gasteiger partial charge in [0.25, 0.3) is 0 Å². The van der Waals surface area contributed by atoms with Crippen LogP contribution in [-0.4, -0.2) is 24.3 Å². The fourth-order valence-corrected chi connectivity index (χ4v) is 2.47. The van der Waals surface area contributed by atoms with Crippen LogP contribution in [0.5, 0.6) is 0 Å². The molecule has 1 rings (SSSR count). The molecule has 6 heteroatoms. The van der Waals surface area contributed by atoms with Gasteiger partial charge in [-0.25, -0.2) is 9.18 Å². The highest BCUT2D eigenvalue weighted by Crippen LogP contribution is 2.18. The normalized spacial score (nSPS) is 12.8. The van der Waals surface area contributed by atoms with E-state index in [-0.39, 0.29) is 11.9 Å². The number of hydrogen-bond donors (Lipinski definition) is 2. The van der Waals surface area contributed by atoms with Crippen molar-refractivity contribution >= 4 is 22.0 Å². The van der Waals surface area contributed by atoms with Crippen LogP contribution in [-0.2, 0) is 11.3 Å². The Morgan fingerprint density at radius 1 is 1.39 bits per heavy atom. The second-order valence-corrected chi connectivity index (χ2v) is 7.34. The number of amides is 1. The number of carbonyl (C=O) groups is 1. The Morgan fingerprint density at radius 3 is 2.70 bits per heavy atom. The maximum atomic E-state index is 13.3. The van der Waals surface area contributed by atoms with Crippen molar-refractivity contribution in [3.63, 3.8) is 0 Å². The van der Waals surface area contributed by atoms with Gasteiger partial charge in [0.15, 0.2) is 0 Å². The Morgan fingerprint density at radius 2 is 2.09 bits per heavy atom. The third-order valence-corrected chi connectivity index (χ3v) is 3.89. The number of carbonyl (C=O) groups excluding carboxylic acids is 1. The fraction of sp³-hybridized carbons (Fsp3) is 0.588. The quantitative estimate of drug-likeness (QED) is 0.728. The van der Waals surface area contributed by atoms with E-state index >= 15 is 0 Å². The van der Waals surface area contributed by atoms with E-state index in [0.29, 0.717) is 13.1 Å². The molecule has 0 radical (unpaired) electrons.